The van der Waals surface area contributed by atoms with Crippen molar-refractivity contribution < 1.29 is 4.79 Å². The Kier molecular flexibility index (Phi) is 4.20. The first-order valence-electron chi connectivity index (χ1n) is 5.92. The largest absolute Gasteiger partial charge is 0.323 e. The van der Waals surface area contributed by atoms with Crippen LogP contribution in [0.3, 0.4) is 0 Å². The Labute approximate surface area is 126 Å². The van der Waals surface area contributed by atoms with Gasteiger partial charge in [0, 0.05) is 7.05 Å². The lowest BCUT2D eigenvalue weighted by molar-refractivity contribution is 0.262. The van der Waals surface area contributed by atoms with Crippen LogP contribution in [0.4, 0.5) is 16.2 Å². The van der Waals surface area contributed by atoms with Crippen LogP contribution in [-0.2, 0) is 7.05 Å². The summed E-state index contributed by atoms with van der Waals surface area (Å²) < 4.78 is 1.71. The third kappa shape index (κ3) is 2.89. The van der Waals surface area contributed by atoms with E-state index >= 15 is 0 Å². The highest BCUT2D eigenvalue weighted by Gasteiger charge is 2.13. The molecule has 20 heavy (non-hydrogen) atoms. The Morgan fingerprint density at radius 1 is 1.25 bits per heavy atom. The van der Waals surface area contributed by atoms with E-state index in [0.717, 1.165) is 11.4 Å². The minimum Gasteiger partial charge on any atom is -0.306 e. The second-order valence-corrected chi connectivity index (χ2v) is 5.14. The molecule has 2 rings (SSSR count). The lowest BCUT2D eigenvalue weighted by Crippen LogP contribution is -2.20. The summed E-state index contributed by atoms with van der Waals surface area (Å²) in [5.41, 5.74) is 2.76. The number of urea groups is 1. The van der Waals surface area contributed by atoms with Crippen LogP contribution in [0.1, 0.15) is 11.4 Å². The number of aryl methyl sites for hydroxylation is 2. The maximum absolute atomic E-state index is 12.0. The molecule has 0 radical (unpaired) electrons. The fourth-order valence-electron chi connectivity index (χ4n) is 1.82. The molecule has 5 nitrogen and oxygen atoms in total. The number of halogens is 2. The van der Waals surface area contributed by atoms with Crippen molar-refractivity contribution in [3.63, 3.8) is 0 Å². The molecule has 1 aromatic carbocycles. The van der Waals surface area contributed by atoms with Crippen LogP contribution >= 0.6 is 23.2 Å². The second kappa shape index (κ2) is 5.73. The van der Waals surface area contributed by atoms with Gasteiger partial charge < -0.3 is 10.6 Å². The molecule has 2 aromatic rings. The Bertz CT molecular complexity index is 667. The van der Waals surface area contributed by atoms with E-state index < -0.39 is 6.03 Å². The Hall–Kier alpha value is -1.72. The van der Waals surface area contributed by atoms with Crippen molar-refractivity contribution in [3.8, 4) is 0 Å². The van der Waals surface area contributed by atoms with Gasteiger partial charge in [0.15, 0.2) is 0 Å². The topological polar surface area (TPSA) is 59.0 Å². The standard InChI is InChI=1S/C13H14Cl2N4O/c1-7-12(8(2)19(3)18-7)17-13(20)16-10-6-4-5-9(14)11(10)15/h4-6H,1-3H3,(H2,16,17,20). The molecule has 0 fully saturated rings. The molecule has 1 aromatic heterocycles. The highest BCUT2D eigenvalue weighted by molar-refractivity contribution is 6.44. The molecule has 0 atom stereocenters. The zero-order chi connectivity index (χ0) is 14.9. The molecule has 0 aliphatic carbocycles. The quantitative estimate of drug-likeness (QED) is 0.881. The number of benzene rings is 1. The normalized spacial score (nSPS) is 10.4. The molecule has 0 saturated heterocycles. The van der Waals surface area contributed by atoms with Crippen molar-refractivity contribution in [2.24, 2.45) is 7.05 Å². The number of carbonyl (C=O) groups is 1. The maximum Gasteiger partial charge on any atom is 0.323 e. The summed E-state index contributed by atoms with van der Waals surface area (Å²) in [6.45, 7) is 3.71. The van der Waals surface area contributed by atoms with Crippen LogP contribution in [-0.4, -0.2) is 15.8 Å². The number of carbonyl (C=O) groups excluding carboxylic acids is 1. The summed E-state index contributed by atoms with van der Waals surface area (Å²) in [5.74, 6) is 0. The fraction of sp³-hybridized carbons (Fsp3) is 0.231. The molecular weight excluding hydrogens is 299 g/mol. The van der Waals surface area contributed by atoms with Gasteiger partial charge in [0.05, 0.1) is 32.8 Å². The number of anilines is 2. The predicted octanol–water partition coefficient (Wildman–Crippen LogP) is 3.99. The van der Waals surface area contributed by atoms with E-state index in [0.29, 0.717) is 21.4 Å². The van der Waals surface area contributed by atoms with Gasteiger partial charge in [0.1, 0.15) is 0 Å². The molecule has 106 valence electrons. The van der Waals surface area contributed by atoms with Crippen molar-refractivity contribution in [1.82, 2.24) is 9.78 Å². The second-order valence-electron chi connectivity index (χ2n) is 4.35. The highest BCUT2D eigenvalue weighted by atomic mass is 35.5. The van der Waals surface area contributed by atoms with Gasteiger partial charge in [-0.2, -0.15) is 5.10 Å². The monoisotopic (exact) mass is 312 g/mol. The Morgan fingerprint density at radius 3 is 2.55 bits per heavy atom. The van der Waals surface area contributed by atoms with E-state index in [1.807, 2.05) is 20.9 Å². The van der Waals surface area contributed by atoms with E-state index in [4.69, 9.17) is 23.2 Å². The summed E-state index contributed by atoms with van der Waals surface area (Å²) in [7, 11) is 1.82. The zero-order valence-electron chi connectivity index (χ0n) is 11.3. The van der Waals surface area contributed by atoms with Gasteiger partial charge in [-0.05, 0) is 26.0 Å². The number of hydrogen-bond donors (Lipinski definition) is 2. The van der Waals surface area contributed by atoms with Crippen LogP contribution < -0.4 is 10.6 Å². The summed E-state index contributed by atoms with van der Waals surface area (Å²) in [6.07, 6.45) is 0. The van der Waals surface area contributed by atoms with Crippen LogP contribution in [0.25, 0.3) is 0 Å². The summed E-state index contributed by atoms with van der Waals surface area (Å²) in [4.78, 5) is 12.0. The number of nitrogens with one attached hydrogen (secondary N) is 2. The van der Waals surface area contributed by atoms with Gasteiger partial charge in [0.2, 0.25) is 0 Å². The number of rotatable bonds is 2. The SMILES string of the molecule is Cc1nn(C)c(C)c1NC(=O)Nc1cccc(Cl)c1Cl. The van der Waals surface area contributed by atoms with E-state index in [1.165, 1.54) is 0 Å². The highest BCUT2D eigenvalue weighted by Crippen LogP contribution is 2.29. The maximum atomic E-state index is 12.0. The molecule has 0 aliphatic rings. The van der Waals surface area contributed by atoms with Crippen LogP contribution in [0.5, 0.6) is 0 Å². The summed E-state index contributed by atoms with van der Waals surface area (Å²) >= 11 is 11.9. The minimum atomic E-state index is -0.395. The van der Waals surface area contributed by atoms with Crippen molar-refractivity contribution in [2.75, 3.05) is 10.6 Å². The first kappa shape index (κ1) is 14.7. The number of aromatic nitrogens is 2. The molecule has 0 bridgehead atoms. The average molecular weight is 313 g/mol. The van der Waals surface area contributed by atoms with Crippen molar-refractivity contribution >= 4 is 40.6 Å². The van der Waals surface area contributed by atoms with Crippen molar-refractivity contribution in [2.45, 2.75) is 13.8 Å². The average Bonchev–Trinajstić information content (AvgIpc) is 2.62. The first-order valence-corrected chi connectivity index (χ1v) is 6.68. The van der Waals surface area contributed by atoms with E-state index in [-0.39, 0.29) is 0 Å². The van der Waals surface area contributed by atoms with Crippen molar-refractivity contribution in [1.29, 1.82) is 0 Å². The Morgan fingerprint density at radius 2 is 1.95 bits per heavy atom. The molecule has 0 unspecified atom stereocenters. The molecule has 1 heterocycles. The van der Waals surface area contributed by atoms with Gasteiger partial charge in [-0.3, -0.25) is 4.68 Å². The minimum absolute atomic E-state index is 0.309. The van der Waals surface area contributed by atoms with Crippen LogP contribution in [0, 0.1) is 13.8 Å². The lowest BCUT2D eigenvalue weighted by Gasteiger charge is -2.10. The summed E-state index contributed by atoms with van der Waals surface area (Å²) in [5, 5.41) is 10.3. The molecule has 0 aliphatic heterocycles. The molecule has 0 saturated carbocycles. The van der Waals surface area contributed by atoms with Crippen LogP contribution in [0.2, 0.25) is 10.0 Å². The smallest absolute Gasteiger partial charge is 0.306 e. The third-order valence-corrected chi connectivity index (χ3v) is 3.77. The molecule has 0 spiro atoms. The van der Waals surface area contributed by atoms with Gasteiger partial charge >= 0.3 is 6.03 Å². The fourth-order valence-corrected chi connectivity index (χ4v) is 2.17. The number of nitrogens with zero attached hydrogens (tertiary/aromatic N) is 2. The van der Waals surface area contributed by atoms with Gasteiger partial charge in [-0.25, -0.2) is 4.79 Å². The zero-order valence-corrected chi connectivity index (χ0v) is 12.8. The van der Waals surface area contributed by atoms with E-state index in [1.54, 1.807) is 22.9 Å². The van der Waals surface area contributed by atoms with E-state index in [9.17, 15) is 4.79 Å². The number of amides is 2. The molecule has 7 heteroatoms. The molecule has 2 amide bonds. The van der Waals surface area contributed by atoms with Crippen LogP contribution in [0.15, 0.2) is 18.2 Å². The molecule has 2 N–H and O–H groups in total. The Balaban J connectivity index is 2.15. The summed E-state index contributed by atoms with van der Waals surface area (Å²) in [6, 6.07) is 4.65. The number of hydrogen-bond acceptors (Lipinski definition) is 2. The lowest BCUT2D eigenvalue weighted by atomic mass is 10.3. The molecular formula is C13H14Cl2N4O. The van der Waals surface area contributed by atoms with Gasteiger partial charge in [-0.1, -0.05) is 29.3 Å². The predicted molar refractivity (Wildman–Crippen MR) is 81.8 cm³/mol. The third-order valence-electron chi connectivity index (χ3n) is 2.95. The van der Waals surface area contributed by atoms with Crippen molar-refractivity contribution in [3.05, 3.63) is 39.6 Å². The van der Waals surface area contributed by atoms with Gasteiger partial charge in [0.25, 0.3) is 0 Å². The first-order chi connectivity index (χ1) is 9.40. The van der Waals surface area contributed by atoms with E-state index in [2.05, 4.69) is 15.7 Å². The van der Waals surface area contributed by atoms with Gasteiger partial charge in [-0.15, -0.1) is 0 Å².